The van der Waals surface area contributed by atoms with Crippen LogP contribution in [0.4, 0.5) is 5.69 Å². The molecule has 1 aliphatic heterocycles. The molecule has 0 aliphatic carbocycles. The van der Waals surface area contributed by atoms with Crippen LogP contribution in [0.15, 0.2) is 59.5 Å². The zero-order chi connectivity index (χ0) is 19.1. The Kier molecular flexibility index (Phi) is 6.93. The second kappa shape index (κ2) is 9.39. The quantitative estimate of drug-likeness (QED) is 0.764. The average Bonchev–Trinajstić information content (AvgIpc) is 2.70. The maximum absolute atomic E-state index is 12.8. The first-order valence-electron chi connectivity index (χ1n) is 9.07. The van der Waals surface area contributed by atoms with E-state index in [0.29, 0.717) is 24.5 Å². The van der Waals surface area contributed by atoms with Crippen LogP contribution in [0.3, 0.4) is 0 Å². The molecule has 1 aliphatic rings. The van der Waals surface area contributed by atoms with E-state index < -0.39 is 10.0 Å². The molecule has 2 aromatic rings. The fourth-order valence-electron chi connectivity index (χ4n) is 3.02. The lowest BCUT2D eigenvalue weighted by Crippen LogP contribution is -2.35. The highest BCUT2D eigenvalue weighted by Gasteiger charge is 2.26. The Morgan fingerprint density at radius 2 is 1.74 bits per heavy atom. The van der Waals surface area contributed by atoms with Crippen molar-refractivity contribution in [2.45, 2.75) is 29.9 Å². The molecule has 0 spiro atoms. The van der Waals surface area contributed by atoms with Crippen molar-refractivity contribution in [1.82, 2.24) is 4.31 Å². The molecule has 1 heterocycles. The summed E-state index contributed by atoms with van der Waals surface area (Å²) in [6.45, 7) is 1.13. The summed E-state index contributed by atoms with van der Waals surface area (Å²) in [4.78, 5) is 12.4. The maximum atomic E-state index is 12.8. The Balaban J connectivity index is 1.57. The molecule has 0 radical (unpaired) electrons. The Morgan fingerprint density at radius 3 is 2.48 bits per heavy atom. The number of benzene rings is 2. The van der Waals surface area contributed by atoms with Gasteiger partial charge in [-0.3, -0.25) is 4.79 Å². The van der Waals surface area contributed by atoms with E-state index in [1.807, 2.05) is 30.3 Å². The van der Waals surface area contributed by atoms with Crippen LogP contribution in [0.1, 0.15) is 24.8 Å². The summed E-state index contributed by atoms with van der Waals surface area (Å²) < 4.78 is 27.1. The number of nitrogens with zero attached hydrogens (tertiary/aromatic N) is 1. The predicted molar refractivity (Wildman–Crippen MR) is 110 cm³/mol. The molecule has 0 bridgehead atoms. The van der Waals surface area contributed by atoms with Crippen LogP contribution >= 0.6 is 11.8 Å². The van der Waals surface area contributed by atoms with E-state index in [-0.39, 0.29) is 10.8 Å². The standard InChI is InChI=1S/C20H24N2O3S2/c23-20(16-26-15-17-8-3-1-4-9-17)21-18-10-7-11-19(14-18)27(24,25)22-12-5-2-6-13-22/h1,3-4,7-11,14H,2,5-6,12-13,15-16H2,(H,21,23). The van der Waals surface area contributed by atoms with Gasteiger partial charge in [0.25, 0.3) is 0 Å². The van der Waals surface area contributed by atoms with Crippen LogP contribution in [0.5, 0.6) is 0 Å². The van der Waals surface area contributed by atoms with E-state index in [0.717, 1.165) is 25.0 Å². The van der Waals surface area contributed by atoms with Crippen molar-refractivity contribution in [2.75, 3.05) is 24.2 Å². The number of thioether (sulfide) groups is 1. The van der Waals surface area contributed by atoms with Crippen LogP contribution in [0.2, 0.25) is 0 Å². The van der Waals surface area contributed by atoms with Crippen molar-refractivity contribution in [3.05, 3.63) is 60.2 Å². The fourth-order valence-corrected chi connectivity index (χ4v) is 5.37. The molecule has 1 N–H and O–H groups in total. The minimum atomic E-state index is -3.50. The second-order valence-corrected chi connectivity index (χ2v) is 9.44. The first kappa shape index (κ1) is 19.9. The molecule has 27 heavy (non-hydrogen) atoms. The van der Waals surface area contributed by atoms with E-state index in [4.69, 9.17) is 0 Å². The molecule has 5 nitrogen and oxygen atoms in total. The third-order valence-electron chi connectivity index (χ3n) is 4.42. The number of carbonyl (C=O) groups is 1. The van der Waals surface area contributed by atoms with Crippen molar-refractivity contribution in [3.63, 3.8) is 0 Å². The first-order valence-corrected chi connectivity index (χ1v) is 11.7. The molecular formula is C20H24N2O3S2. The van der Waals surface area contributed by atoms with Crippen LogP contribution < -0.4 is 5.32 Å². The number of sulfonamides is 1. The van der Waals surface area contributed by atoms with E-state index in [9.17, 15) is 13.2 Å². The minimum Gasteiger partial charge on any atom is -0.325 e. The summed E-state index contributed by atoms with van der Waals surface area (Å²) >= 11 is 1.53. The number of hydrogen-bond donors (Lipinski definition) is 1. The molecule has 1 saturated heterocycles. The Morgan fingerprint density at radius 1 is 1.00 bits per heavy atom. The van der Waals surface area contributed by atoms with Gasteiger partial charge in [0.2, 0.25) is 15.9 Å². The van der Waals surface area contributed by atoms with Gasteiger partial charge in [0.15, 0.2) is 0 Å². The van der Waals surface area contributed by atoms with Gasteiger partial charge in [-0.1, -0.05) is 42.8 Å². The number of rotatable bonds is 7. The minimum absolute atomic E-state index is 0.136. The van der Waals surface area contributed by atoms with Crippen molar-refractivity contribution in [2.24, 2.45) is 0 Å². The van der Waals surface area contributed by atoms with Gasteiger partial charge in [-0.05, 0) is 36.6 Å². The van der Waals surface area contributed by atoms with Gasteiger partial charge in [0.05, 0.1) is 10.6 Å². The number of piperidine rings is 1. The molecule has 1 amide bonds. The van der Waals surface area contributed by atoms with Gasteiger partial charge in [0, 0.05) is 24.5 Å². The molecular weight excluding hydrogens is 380 g/mol. The molecule has 3 rings (SSSR count). The predicted octanol–water partition coefficient (Wildman–Crippen LogP) is 3.73. The molecule has 0 atom stereocenters. The van der Waals surface area contributed by atoms with Crippen LogP contribution in [0.25, 0.3) is 0 Å². The summed E-state index contributed by atoms with van der Waals surface area (Å²) in [5.74, 6) is 0.943. The molecule has 0 unspecified atom stereocenters. The Hall–Kier alpha value is -1.83. The zero-order valence-electron chi connectivity index (χ0n) is 15.1. The third-order valence-corrected chi connectivity index (χ3v) is 7.31. The topological polar surface area (TPSA) is 66.5 Å². The summed E-state index contributed by atoms with van der Waals surface area (Å²) in [6.07, 6.45) is 2.87. The lowest BCUT2D eigenvalue weighted by Gasteiger charge is -2.26. The van der Waals surface area contributed by atoms with Crippen LogP contribution in [-0.4, -0.2) is 37.5 Å². The summed E-state index contributed by atoms with van der Waals surface area (Å²) in [5.41, 5.74) is 1.68. The van der Waals surface area contributed by atoms with Gasteiger partial charge >= 0.3 is 0 Å². The second-order valence-electron chi connectivity index (χ2n) is 6.52. The summed E-state index contributed by atoms with van der Waals surface area (Å²) in [7, 11) is -3.50. The van der Waals surface area contributed by atoms with E-state index >= 15 is 0 Å². The highest BCUT2D eigenvalue weighted by molar-refractivity contribution is 7.99. The Bertz CT molecular complexity index is 864. The molecule has 0 saturated carbocycles. The molecule has 7 heteroatoms. The molecule has 2 aromatic carbocycles. The number of amides is 1. The van der Waals surface area contributed by atoms with E-state index in [2.05, 4.69) is 5.32 Å². The number of carbonyl (C=O) groups excluding carboxylic acids is 1. The van der Waals surface area contributed by atoms with Gasteiger partial charge in [-0.2, -0.15) is 4.31 Å². The lowest BCUT2D eigenvalue weighted by atomic mass is 10.2. The van der Waals surface area contributed by atoms with E-state index in [1.54, 1.807) is 24.3 Å². The van der Waals surface area contributed by atoms with Crippen molar-refractivity contribution in [3.8, 4) is 0 Å². The van der Waals surface area contributed by atoms with Crippen LogP contribution in [-0.2, 0) is 20.6 Å². The summed E-state index contributed by atoms with van der Waals surface area (Å²) in [5, 5.41) is 2.80. The number of hydrogen-bond acceptors (Lipinski definition) is 4. The third kappa shape index (κ3) is 5.57. The highest BCUT2D eigenvalue weighted by Crippen LogP contribution is 2.23. The first-order chi connectivity index (χ1) is 13.1. The monoisotopic (exact) mass is 404 g/mol. The van der Waals surface area contributed by atoms with Crippen molar-refractivity contribution >= 4 is 33.4 Å². The largest absolute Gasteiger partial charge is 0.325 e. The molecule has 0 aromatic heterocycles. The normalized spacial score (nSPS) is 15.4. The van der Waals surface area contributed by atoms with Crippen LogP contribution in [0, 0.1) is 0 Å². The van der Waals surface area contributed by atoms with Crippen molar-refractivity contribution < 1.29 is 13.2 Å². The van der Waals surface area contributed by atoms with Gasteiger partial charge < -0.3 is 5.32 Å². The fraction of sp³-hybridized carbons (Fsp3) is 0.350. The van der Waals surface area contributed by atoms with Gasteiger partial charge in [-0.15, -0.1) is 11.8 Å². The van der Waals surface area contributed by atoms with E-state index in [1.165, 1.54) is 21.6 Å². The lowest BCUT2D eigenvalue weighted by molar-refractivity contribution is -0.113. The zero-order valence-corrected chi connectivity index (χ0v) is 16.8. The Labute approximate surface area is 165 Å². The summed E-state index contributed by atoms with van der Waals surface area (Å²) in [6, 6.07) is 16.5. The van der Waals surface area contributed by atoms with Gasteiger partial charge in [-0.25, -0.2) is 8.42 Å². The number of nitrogens with one attached hydrogen (secondary N) is 1. The highest BCUT2D eigenvalue weighted by atomic mass is 32.2. The van der Waals surface area contributed by atoms with Gasteiger partial charge in [0.1, 0.15) is 0 Å². The molecule has 1 fully saturated rings. The maximum Gasteiger partial charge on any atom is 0.243 e. The SMILES string of the molecule is O=C(CSCc1ccccc1)Nc1cccc(S(=O)(=O)N2CCCCC2)c1. The average molecular weight is 405 g/mol. The smallest absolute Gasteiger partial charge is 0.243 e. The van der Waals surface area contributed by atoms with Crippen molar-refractivity contribution in [1.29, 1.82) is 0 Å². The molecule has 144 valence electrons. The number of anilines is 1.